The number of carbonyl (C=O) groups is 1. The maximum absolute atomic E-state index is 15.1. The third-order valence-corrected chi connectivity index (χ3v) is 6.88. The van der Waals surface area contributed by atoms with E-state index in [4.69, 9.17) is 9.73 Å². The van der Waals surface area contributed by atoms with Gasteiger partial charge < -0.3 is 9.84 Å². The number of thioether (sulfide) groups is 1. The van der Waals surface area contributed by atoms with Crippen LogP contribution in [0, 0.1) is 21.8 Å². The summed E-state index contributed by atoms with van der Waals surface area (Å²) in [6, 6.07) is 3.45. The Morgan fingerprint density at radius 3 is 2.70 bits per heavy atom. The second-order valence-corrected chi connectivity index (χ2v) is 9.66. The summed E-state index contributed by atoms with van der Waals surface area (Å²) in [5, 5.41) is 21.4. The predicted molar refractivity (Wildman–Crippen MR) is 112 cm³/mol. The average Bonchev–Trinajstić information content (AvgIpc) is 2.65. The molecular formula is C20H26FN3O5S. The lowest BCUT2D eigenvalue weighted by molar-refractivity contribution is -0.385. The van der Waals surface area contributed by atoms with Gasteiger partial charge in [-0.1, -0.05) is 11.8 Å². The summed E-state index contributed by atoms with van der Waals surface area (Å²) in [4.78, 5) is 28.8. The monoisotopic (exact) mass is 439 g/mol. The quantitative estimate of drug-likeness (QED) is 0.544. The molecule has 1 aliphatic heterocycles. The Labute approximate surface area is 178 Å². The smallest absolute Gasteiger partial charge is 0.413 e. The van der Waals surface area contributed by atoms with Crippen molar-refractivity contribution in [2.75, 3.05) is 12.9 Å². The Morgan fingerprint density at radius 2 is 2.13 bits per heavy atom. The summed E-state index contributed by atoms with van der Waals surface area (Å²) in [5.74, 6) is -0.142. The Balaban J connectivity index is 2.24. The largest absolute Gasteiger partial charge is 0.465 e. The number of carboxylic acid groups (broad SMARTS) is 1. The Kier molecular flexibility index (Phi) is 6.10. The number of amides is 1. The SMILES string of the molecule is CO[C@H]1CC[C@H]2CSC(N(C(=O)O)C(C)(C)C)=N[C@@]2(c2cc([N+](=O)[O-])ccc2F)C1. The first-order valence-electron chi connectivity index (χ1n) is 9.72. The van der Waals surface area contributed by atoms with Crippen molar-refractivity contribution in [3.8, 4) is 0 Å². The van der Waals surface area contributed by atoms with E-state index in [1.54, 1.807) is 27.9 Å². The molecular weight excluding hydrogens is 413 g/mol. The number of rotatable bonds is 3. The van der Waals surface area contributed by atoms with Crippen molar-refractivity contribution in [1.29, 1.82) is 0 Å². The summed E-state index contributed by atoms with van der Waals surface area (Å²) in [6.07, 6.45) is 0.440. The van der Waals surface area contributed by atoms with Crippen LogP contribution in [-0.4, -0.2) is 50.7 Å². The summed E-state index contributed by atoms with van der Waals surface area (Å²) in [6.45, 7) is 5.28. The van der Waals surface area contributed by atoms with E-state index in [1.807, 2.05) is 0 Å². The standard InChI is InChI=1S/C20H26FN3O5S/c1-19(2,3)23(18(25)26)17-22-20(10-14(29-4)7-5-12(20)11-30-17)15-9-13(24(27)28)6-8-16(15)21/h6,8-9,12,14H,5,7,10-11H2,1-4H3,(H,25,26)/t12-,14-,20-/m0/s1. The Hall–Kier alpha value is -2.20. The van der Waals surface area contributed by atoms with Gasteiger partial charge in [-0.15, -0.1) is 0 Å². The minimum atomic E-state index is -1.15. The average molecular weight is 440 g/mol. The van der Waals surface area contributed by atoms with Crippen molar-refractivity contribution < 1.29 is 24.0 Å². The summed E-state index contributed by atoms with van der Waals surface area (Å²) in [5.41, 5.74) is -1.99. The Morgan fingerprint density at radius 1 is 1.43 bits per heavy atom. The summed E-state index contributed by atoms with van der Waals surface area (Å²) in [7, 11) is 1.57. The van der Waals surface area contributed by atoms with Crippen LogP contribution in [0.2, 0.25) is 0 Å². The van der Waals surface area contributed by atoms with Crippen LogP contribution >= 0.6 is 11.8 Å². The first kappa shape index (κ1) is 22.5. The number of nitrogens with zero attached hydrogens (tertiary/aromatic N) is 3. The van der Waals surface area contributed by atoms with Gasteiger partial charge in [0, 0.05) is 42.5 Å². The van der Waals surface area contributed by atoms with E-state index in [0.717, 1.165) is 18.6 Å². The zero-order valence-electron chi connectivity index (χ0n) is 17.4. The Bertz CT molecular complexity index is 888. The first-order valence-corrected chi connectivity index (χ1v) is 10.7. The number of nitro groups is 1. The normalized spacial score (nSPS) is 26.5. The van der Waals surface area contributed by atoms with E-state index in [9.17, 15) is 20.0 Å². The minimum absolute atomic E-state index is 0.0928. The van der Waals surface area contributed by atoms with Crippen LogP contribution in [0.3, 0.4) is 0 Å². The van der Waals surface area contributed by atoms with E-state index in [0.29, 0.717) is 18.6 Å². The third kappa shape index (κ3) is 4.02. The zero-order chi connectivity index (χ0) is 22.3. The number of nitro benzene ring substituents is 1. The van der Waals surface area contributed by atoms with Gasteiger partial charge in [0.25, 0.3) is 5.69 Å². The van der Waals surface area contributed by atoms with Gasteiger partial charge in [-0.3, -0.25) is 15.0 Å². The highest BCUT2D eigenvalue weighted by Crippen LogP contribution is 2.51. The molecule has 0 radical (unpaired) electrons. The van der Waals surface area contributed by atoms with Crippen molar-refractivity contribution >= 4 is 28.7 Å². The molecule has 1 saturated carbocycles. The highest BCUT2D eigenvalue weighted by molar-refractivity contribution is 8.13. The number of ether oxygens (including phenoxy) is 1. The molecule has 1 amide bonds. The van der Waals surface area contributed by atoms with Crippen molar-refractivity contribution in [3.63, 3.8) is 0 Å². The van der Waals surface area contributed by atoms with Crippen LogP contribution in [0.15, 0.2) is 23.2 Å². The molecule has 10 heteroatoms. The molecule has 1 aromatic carbocycles. The van der Waals surface area contributed by atoms with Crippen LogP contribution in [0.5, 0.6) is 0 Å². The zero-order valence-corrected chi connectivity index (χ0v) is 18.2. The second kappa shape index (κ2) is 8.14. The van der Waals surface area contributed by atoms with Gasteiger partial charge >= 0.3 is 6.09 Å². The molecule has 1 heterocycles. The van der Waals surface area contributed by atoms with Gasteiger partial charge in [-0.2, -0.15) is 0 Å². The molecule has 0 spiro atoms. The van der Waals surface area contributed by atoms with Gasteiger partial charge in [0.05, 0.1) is 16.6 Å². The topological polar surface area (TPSA) is 105 Å². The molecule has 3 rings (SSSR count). The fourth-order valence-corrected chi connectivity index (χ4v) is 5.80. The van der Waals surface area contributed by atoms with Crippen LogP contribution in [0.4, 0.5) is 14.9 Å². The van der Waals surface area contributed by atoms with Crippen LogP contribution in [0.1, 0.15) is 45.6 Å². The van der Waals surface area contributed by atoms with Crippen LogP contribution in [0.25, 0.3) is 0 Å². The van der Waals surface area contributed by atoms with Gasteiger partial charge in [0.2, 0.25) is 0 Å². The van der Waals surface area contributed by atoms with E-state index >= 15 is 4.39 Å². The maximum Gasteiger partial charge on any atom is 0.413 e. The number of hydrogen-bond acceptors (Lipinski definition) is 6. The van der Waals surface area contributed by atoms with Crippen molar-refractivity contribution in [2.45, 2.75) is 57.2 Å². The number of amidine groups is 1. The second-order valence-electron chi connectivity index (χ2n) is 8.68. The minimum Gasteiger partial charge on any atom is -0.465 e. The lowest BCUT2D eigenvalue weighted by atomic mass is 9.68. The number of hydrogen-bond donors (Lipinski definition) is 1. The van der Waals surface area contributed by atoms with Crippen molar-refractivity contribution in [3.05, 3.63) is 39.7 Å². The van der Waals surface area contributed by atoms with Gasteiger partial charge in [-0.05, 0) is 45.6 Å². The highest BCUT2D eigenvalue weighted by atomic mass is 32.2. The molecule has 1 N–H and O–H groups in total. The number of aliphatic imine (C=N–C) groups is 1. The molecule has 0 saturated heterocycles. The van der Waals surface area contributed by atoms with Gasteiger partial charge in [0.1, 0.15) is 5.82 Å². The number of non-ortho nitro benzene ring substituents is 1. The third-order valence-electron chi connectivity index (χ3n) is 5.77. The van der Waals surface area contributed by atoms with E-state index in [1.165, 1.54) is 22.7 Å². The molecule has 164 valence electrons. The number of halogens is 1. The molecule has 1 fully saturated rings. The van der Waals surface area contributed by atoms with E-state index in [2.05, 4.69) is 0 Å². The van der Waals surface area contributed by atoms with Crippen molar-refractivity contribution in [2.24, 2.45) is 10.9 Å². The molecule has 0 bridgehead atoms. The van der Waals surface area contributed by atoms with Gasteiger partial charge in [-0.25, -0.2) is 14.2 Å². The highest BCUT2D eigenvalue weighted by Gasteiger charge is 2.51. The lowest BCUT2D eigenvalue weighted by Gasteiger charge is -2.48. The first-order chi connectivity index (χ1) is 14.0. The molecule has 0 unspecified atom stereocenters. The molecule has 0 aromatic heterocycles. The summed E-state index contributed by atoms with van der Waals surface area (Å²) >= 11 is 1.33. The number of fused-ring (bicyclic) bond motifs is 1. The molecule has 1 aromatic rings. The van der Waals surface area contributed by atoms with E-state index in [-0.39, 0.29) is 28.4 Å². The van der Waals surface area contributed by atoms with E-state index < -0.39 is 27.9 Å². The molecule has 2 aliphatic rings. The lowest BCUT2D eigenvalue weighted by Crippen LogP contribution is -2.53. The molecule has 8 nitrogen and oxygen atoms in total. The molecule has 30 heavy (non-hydrogen) atoms. The maximum atomic E-state index is 15.1. The molecule has 3 atom stereocenters. The number of benzene rings is 1. The number of methoxy groups -OCH3 is 1. The fourth-order valence-electron chi connectivity index (χ4n) is 4.30. The summed E-state index contributed by atoms with van der Waals surface area (Å²) < 4.78 is 20.6. The van der Waals surface area contributed by atoms with Crippen molar-refractivity contribution in [1.82, 2.24) is 4.90 Å². The van der Waals surface area contributed by atoms with Crippen LogP contribution < -0.4 is 0 Å². The molecule has 1 aliphatic carbocycles. The fraction of sp³-hybridized carbons (Fsp3) is 0.600. The van der Waals surface area contributed by atoms with Gasteiger partial charge in [0.15, 0.2) is 5.17 Å². The predicted octanol–water partition coefficient (Wildman–Crippen LogP) is 4.63. The van der Waals surface area contributed by atoms with Crippen LogP contribution in [-0.2, 0) is 10.3 Å².